The molecule has 0 radical (unpaired) electrons. The first-order chi connectivity index (χ1) is 9.85. The van der Waals surface area contributed by atoms with Gasteiger partial charge in [0.15, 0.2) is 0 Å². The predicted molar refractivity (Wildman–Crippen MR) is 89.5 cm³/mol. The van der Waals surface area contributed by atoms with E-state index < -0.39 is 0 Å². The van der Waals surface area contributed by atoms with Gasteiger partial charge in [-0.3, -0.25) is 9.69 Å². The van der Waals surface area contributed by atoms with E-state index in [1.54, 1.807) is 6.07 Å². The summed E-state index contributed by atoms with van der Waals surface area (Å²) in [5, 5.41) is 3.93. The van der Waals surface area contributed by atoms with Crippen LogP contribution >= 0.6 is 34.8 Å². The van der Waals surface area contributed by atoms with Gasteiger partial charge >= 0.3 is 0 Å². The molecule has 2 atom stereocenters. The van der Waals surface area contributed by atoms with Crippen LogP contribution in [0.4, 0.5) is 5.69 Å². The second kappa shape index (κ2) is 7.19. The zero-order chi connectivity index (χ0) is 15.6. The number of hydrogen-bond acceptors (Lipinski definition) is 2. The van der Waals surface area contributed by atoms with Gasteiger partial charge in [-0.25, -0.2) is 0 Å². The third-order valence-corrected chi connectivity index (χ3v) is 4.63. The lowest BCUT2D eigenvalue weighted by Crippen LogP contribution is -2.42. The van der Waals surface area contributed by atoms with Crippen molar-refractivity contribution in [3.05, 3.63) is 27.2 Å². The van der Waals surface area contributed by atoms with E-state index in [9.17, 15) is 4.79 Å². The molecule has 1 N–H and O–H groups in total. The Morgan fingerprint density at radius 2 is 1.71 bits per heavy atom. The highest BCUT2D eigenvalue weighted by Crippen LogP contribution is 2.32. The number of anilines is 1. The molecule has 0 saturated carbocycles. The van der Waals surface area contributed by atoms with E-state index in [0.29, 0.717) is 39.1 Å². The molecular formula is C15H19Cl3N2O. The summed E-state index contributed by atoms with van der Waals surface area (Å²) in [6, 6.07) is 3.11. The molecule has 1 aliphatic rings. The Bertz CT molecular complexity index is 526. The molecule has 6 heteroatoms. The number of halogens is 3. The van der Waals surface area contributed by atoms with E-state index in [-0.39, 0.29) is 5.91 Å². The summed E-state index contributed by atoms with van der Waals surface area (Å²) >= 11 is 17.9. The van der Waals surface area contributed by atoms with Crippen molar-refractivity contribution in [1.29, 1.82) is 0 Å². The van der Waals surface area contributed by atoms with E-state index >= 15 is 0 Å². The highest BCUT2D eigenvalue weighted by molar-refractivity contribution is 6.44. The van der Waals surface area contributed by atoms with Crippen LogP contribution < -0.4 is 5.32 Å². The van der Waals surface area contributed by atoms with Gasteiger partial charge in [0, 0.05) is 13.1 Å². The number of hydrogen-bond donors (Lipinski definition) is 1. The largest absolute Gasteiger partial charge is 0.324 e. The number of carbonyl (C=O) groups is 1. The van der Waals surface area contributed by atoms with E-state index in [4.69, 9.17) is 34.8 Å². The Kier molecular flexibility index (Phi) is 5.78. The van der Waals surface area contributed by atoms with E-state index in [2.05, 4.69) is 24.1 Å². The molecule has 116 valence electrons. The monoisotopic (exact) mass is 348 g/mol. The van der Waals surface area contributed by atoms with Gasteiger partial charge in [0.1, 0.15) is 0 Å². The summed E-state index contributed by atoms with van der Waals surface area (Å²) in [7, 11) is 0. The predicted octanol–water partition coefficient (Wildman–Crippen LogP) is 4.56. The molecule has 1 heterocycles. The Hall–Kier alpha value is -0.480. The maximum atomic E-state index is 12.2. The standard InChI is InChI=1S/C15H19Cl3N2O/c1-9-3-10(2)7-20(6-9)8-15(21)19-14-5-12(17)11(16)4-13(14)18/h4-5,9-10H,3,6-8H2,1-2H3,(H,19,21)/t9-,10+. The fraction of sp³-hybridized carbons (Fsp3) is 0.533. The van der Waals surface area contributed by atoms with Gasteiger partial charge < -0.3 is 5.32 Å². The molecule has 2 rings (SSSR count). The first kappa shape index (κ1) is 16.9. The quantitative estimate of drug-likeness (QED) is 0.811. The van der Waals surface area contributed by atoms with Crippen molar-refractivity contribution in [2.75, 3.05) is 25.0 Å². The van der Waals surface area contributed by atoms with Gasteiger partial charge in [-0.05, 0) is 30.4 Å². The second-order valence-corrected chi connectivity index (χ2v) is 7.16. The summed E-state index contributed by atoms with van der Waals surface area (Å²) in [5.41, 5.74) is 0.495. The average molecular weight is 350 g/mol. The Labute approximate surface area is 140 Å². The minimum atomic E-state index is -0.0865. The molecule has 0 aromatic heterocycles. The second-order valence-electron chi connectivity index (χ2n) is 5.93. The summed E-state index contributed by atoms with van der Waals surface area (Å²) in [6.45, 7) is 6.71. The van der Waals surface area contributed by atoms with Crippen LogP contribution in [0.5, 0.6) is 0 Å². The number of amides is 1. The topological polar surface area (TPSA) is 32.3 Å². The van der Waals surface area contributed by atoms with Crippen molar-refractivity contribution in [3.63, 3.8) is 0 Å². The van der Waals surface area contributed by atoms with Crippen LogP contribution in [0, 0.1) is 11.8 Å². The van der Waals surface area contributed by atoms with Gasteiger partial charge in [0.2, 0.25) is 5.91 Å². The molecule has 1 saturated heterocycles. The summed E-state index contributed by atoms with van der Waals surface area (Å²) in [5.74, 6) is 1.15. The Morgan fingerprint density at radius 1 is 1.14 bits per heavy atom. The third-order valence-electron chi connectivity index (χ3n) is 3.60. The summed E-state index contributed by atoms with van der Waals surface area (Å²) < 4.78 is 0. The number of nitrogens with zero attached hydrogens (tertiary/aromatic N) is 1. The van der Waals surface area contributed by atoms with Gasteiger partial charge in [-0.2, -0.15) is 0 Å². The molecule has 1 aromatic rings. The van der Waals surface area contributed by atoms with Crippen molar-refractivity contribution in [3.8, 4) is 0 Å². The number of rotatable bonds is 3. The Balaban J connectivity index is 1.97. The summed E-state index contributed by atoms with van der Waals surface area (Å²) in [4.78, 5) is 14.3. The lowest BCUT2D eigenvalue weighted by Gasteiger charge is -2.34. The fourth-order valence-corrected chi connectivity index (χ4v) is 3.53. The Morgan fingerprint density at radius 3 is 2.33 bits per heavy atom. The molecule has 3 nitrogen and oxygen atoms in total. The van der Waals surface area contributed by atoms with Crippen molar-refractivity contribution < 1.29 is 4.79 Å². The van der Waals surface area contributed by atoms with E-state index in [1.165, 1.54) is 12.5 Å². The molecule has 1 aromatic carbocycles. The van der Waals surface area contributed by atoms with Gasteiger partial charge in [-0.15, -0.1) is 0 Å². The van der Waals surface area contributed by atoms with Gasteiger partial charge in [0.05, 0.1) is 27.3 Å². The van der Waals surface area contributed by atoms with Gasteiger partial charge in [0.25, 0.3) is 0 Å². The SMILES string of the molecule is C[C@@H]1C[C@H](C)CN(CC(=O)Nc2cc(Cl)c(Cl)cc2Cl)C1. The molecule has 0 spiro atoms. The number of benzene rings is 1. The van der Waals surface area contributed by atoms with Crippen LogP contribution in [0.15, 0.2) is 12.1 Å². The average Bonchev–Trinajstić information content (AvgIpc) is 2.34. The van der Waals surface area contributed by atoms with E-state index in [1.807, 2.05) is 0 Å². The van der Waals surface area contributed by atoms with Crippen molar-refractivity contribution in [2.24, 2.45) is 11.8 Å². The zero-order valence-electron chi connectivity index (χ0n) is 12.1. The number of carbonyl (C=O) groups excluding carboxylic acids is 1. The molecule has 1 amide bonds. The maximum Gasteiger partial charge on any atom is 0.238 e. The zero-order valence-corrected chi connectivity index (χ0v) is 14.4. The first-order valence-corrected chi connectivity index (χ1v) is 8.15. The van der Waals surface area contributed by atoms with Crippen molar-refractivity contribution in [2.45, 2.75) is 20.3 Å². The van der Waals surface area contributed by atoms with Crippen LogP contribution in [0.1, 0.15) is 20.3 Å². The number of nitrogens with one attached hydrogen (secondary N) is 1. The molecule has 0 unspecified atom stereocenters. The molecular weight excluding hydrogens is 331 g/mol. The number of likely N-dealkylation sites (tertiary alicyclic amines) is 1. The van der Waals surface area contributed by atoms with Crippen LogP contribution in [-0.2, 0) is 4.79 Å². The van der Waals surface area contributed by atoms with Crippen LogP contribution in [-0.4, -0.2) is 30.4 Å². The maximum absolute atomic E-state index is 12.2. The molecule has 0 bridgehead atoms. The lowest BCUT2D eigenvalue weighted by molar-refractivity contribution is -0.117. The molecule has 1 fully saturated rings. The minimum absolute atomic E-state index is 0.0865. The summed E-state index contributed by atoms with van der Waals surface area (Å²) in [6.07, 6.45) is 1.22. The van der Waals surface area contributed by atoms with Gasteiger partial charge in [-0.1, -0.05) is 48.7 Å². The molecule has 21 heavy (non-hydrogen) atoms. The van der Waals surface area contributed by atoms with E-state index in [0.717, 1.165) is 13.1 Å². The lowest BCUT2D eigenvalue weighted by atomic mass is 9.92. The van der Waals surface area contributed by atoms with Crippen molar-refractivity contribution in [1.82, 2.24) is 4.90 Å². The van der Waals surface area contributed by atoms with Crippen LogP contribution in [0.2, 0.25) is 15.1 Å². The van der Waals surface area contributed by atoms with Crippen molar-refractivity contribution >= 4 is 46.4 Å². The van der Waals surface area contributed by atoms with Crippen LogP contribution in [0.25, 0.3) is 0 Å². The molecule has 1 aliphatic heterocycles. The smallest absolute Gasteiger partial charge is 0.238 e. The fourth-order valence-electron chi connectivity index (χ4n) is 2.93. The first-order valence-electron chi connectivity index (χ1n) is 7.02. The van der Waals surface area contributed by atoms with Crippen LogP contribution in [0.3, 0.4) is 0 Å². The highest BCUT2D eigenvalue weighted by Gasteiger charge is 2.23. The molecule has 0 aliphatic carbocycles. The normalized spacial score (nSPS) is 23.1. The minimum Gasteiger partial charge on any atom is -0.324 e. The highest BCUT2D eigenvalue weighted by atomic mass is 35.5. The third kappa shape index (κ3) is 4.75. The number of piperidine rings is 1.